The number of hydrogen-bond acceptors (Lipinski definition) is 5. The van der Waals surface area contributed by atoms with E-state index in [9.17, 15) is 35.9 Å². The third kappa shape index (κ3) is 6.37. The van der Waals surface area contributed by atoms with Gasteiger partial charge in [-0.1, -0.05) is 6.07 Å². The van der Waals surface area contributed by atoms with Gasteiger partial charge in [-0.15, -0.1) is 0 Å². The fraction of sp³-hybridized carbons (Fsp3) is 0.529. The summed E-state index contributed by atoms with van der Waals surface area (Å²) in [7, 11) is -0.378. The SMILES string of the molecule is Cc1ccc(S(=O)(=O)N2CCC(N(C)C)CC2C(=O)O)cc1F.O=C(O)C(F)(F)F. The maximum Gasteiger partial charge on any atom is 0.490 e. The predicted octanol–water partition coefficient (Wildman–Crippen LogP) is 1.94. The largest absolute Gasteiger partial charge is 0.490 e. The van der Waals surface area contributed by atoms with Gasteiger partial charge in [0.05, 0.1) is 4.90 Å². The normalized spacial score (nSPS) is 20.4. The average Bonchev–Trinajstić information content (AvgIpc) is 2.62. The molecule has 0 bridgehead atoms. The maximum atomic E-state index is 13.7. The van der Waals surface area contributed by atoms with E-state index in [1.807, 2.05) is 19.0 Å². The Bertz CT molecular complexity index is 889. The summed E-state index contributed by atoms with van der Waals surface area (Å²) in [6.45, 7) is 1.63. The number of benzene rings is 1. The van der Waals surface area contributed by atoms with Crippen molar-refractivity contribution < 1.29 is 45.8 Å². The van der Waals surface area contributed by atoms with E-state index in [1.165, 1.54) is 19.1 Å². The molecule has 1 aromatic carbocycles. The highest BCUT2D eigenvalue weighted by Gasteiger charge is 2.41. The molecule has 0 aliphatic carbocycles. The third-order valence-electron chi connectivity index (χ3n) is 4.53. The number of aliphatic carboxylic acids is 2. The Balaban J connectivity index is 0.000000553. The number of aryl methyl sites for hydroxylation is 1. The summed E-state index contributed by atoms with van der Waals surface area (Å²) in [6, 6.07) is 2.49. The molecule has 2 atom stereocenters. The Morgan fingerprint density at radius 1 is 1.20 bits per heavy atom. The maximum absolute atomic E-state index is 13.7. The molecule has 1 aromatic rings. The van der Waals surface area contributed by atoms with Crippen LogP contribution in [0.1, 0.15) is 18.4 Å². The Hall–Kier alpha value is -2.25. The standard InChI is InChI=1S/C15H21FN2O4S.C2HF3O2/c1-10-4-5-12(9-13(10)16)23(21,22)18-7-6-11(17(2)3)8-14(18)15(19)20;3-2(4,5)1(6)7/h4-5,9,11,14H,6-8H2,1-3H3,(H,19,20);(H,6,7). The lowest BCUT2D eigenvalue weighted by Gasteiger charge is -2.38. The van der Waals surface area contributed by atoms with Gasteiger partial charge in [0.15, 0.2) is 0 Å². The minimum absolute atomic E-state index is 0.00250. The van der Waals surface area contributed by atoms with Gasteiger partial charge < -0.3 is 15.1 Å². The van der Waals surface area contributed by atoms with Crippen molar-refractivity contribution in [3.8, 4) is 0 Å². The van der Waals surface area contributed by atoms with Gasteiger partial charge in [-0.25, -0.2) is 17.6 Å². The summed E-state index contributed by atoms with van der Waals surface area (Å²) in [5.74, 6) is -4.57. The van der Waals surface area contributed by atoms with Crippen LogP contribution in [0.15, 0.2) is 23.1 Å². The Kier molecular flexibility index (Phi) is 8.34. The molecule has 0 radical (unpaired) electrons. The Morgan fingerprint density at radius 3 is 2.13 bits per heavy atom. The third-order valence-corrected chi connectivity index (χ3v) is 6.44. The molecule has 8 nitrogen and oxygen atoms in total. The number of halogens is 4. The highest BCUT2D eigenvalue weighted by atomic mass is 32.2. The molecule has 0 saturated carbocycles. The van der Waals surface area contributed by atoms with Gasteiger partial charge >= 0.3 is 18.1 Å². The molecule has 1 aliphatic heterocycles. The fourth-order valence-corrected chi connectivity index (χ4v) is 4.40. The molecular formula is C17H22F4N2O6S. The molecule has 0 aromatic heterocycles. The van der Waals surface area contributed by atoms with E-state index in [4.69, 9.17) is 9.90 Å². The summed E-state index contributed by atoms with van der Waals surface area (Å²) < 4.78 is 71.9. The fourth-order valence-electron chi connectivity index (χ4n) is 2.78. The van der Waals surface area contributed by atoms with Crippen LogP contribution >= 0.6 is 0 Å². The summed E-state index contributed by atoms with van der Waals surface area (Å²) in [6.07, 6.45) is -4.35. The predicted molar refractivity (Wildman–Crippen MR) is 96.9 cm³/mol. The Morgan fingerprint density at radius 2 is 1.73 bits per heavy atom. The molecule has 2 rings (SSSR count). The van der Waals surface area contributed by atoms with E-state index in [-0.39, 0.29) is 23.9 Å². The van der Waals surface area contributed by atoms with Gasteiger partial charge in [0.1, 0.15) is 11.9 Å². The number of carbonyl (C=O) groups is 2. The molecule has 13 heteroatoms. The molecule has 0 spiro atoms. The first-order chi connectivity index (χ1) is 13.6. The molecule has 0 amide bonds. The van der Waals surface area contributed by atoms with Crippen molar-refractivity contribution >= 4 is 22.0 Å². The number of rotatable bonds is 4. The van der Waals surface area contributed by atoms with Gasteiger partial charge in [-0.3, -0.25) is 4.79 Å². The highest BCUT2D eigenvalue weighted by Crippen LogP contribution is 2.28. The molecule has 1 aliphatic rings. The van der Waals surface area contributed by atoms with Gasteiger partial charge in [-0.2, -0.15) is 17.5 Å². The first kappa shape index (κ1) is 25.8. The number of carboxylic acid groups (broad SMARTS) is 2. The zero-order chi connectivity index (χ0) is 23.4. The number of piperidine rings is 1. The minimum atomic E-state index is -5.08. The second-order valence-electron chi connectivity index (χ2n) is 6.83. The zero-order valence-electron chi connectivity index (χ0n) is 16.4. The van der Waals surface area contributed by atoms with Crippen LogP contribution in [0.5, 0.6) is 0 Å². The molecule has 2 N–H and O–H groups in total. The lowest BCUT2D eigenvalue weighted by atomic mass is 9.99. The first-order valence-electron chi connectivity index (χ1n) is 8.56. The van der Waals surface area contributed by atoms with Gasteiger partial charge in [0.2, 0.25) is 10.0 Å². The van der Waals surface area contributed by atoms with E-state index in [2.05, 4.69) is 0 Å². The van der Waals surface area contributed by atoms with E-state index in [1.54, 1.807) is 0 Å². The Labute approximate surface area is 170 Å². The van der Waals surface area contributed by atoms with Crippen LogP contribution in [0.3, 0.4) is 0 Å². The molecular weight excluding hydrogens is 436 g/mol. The summed E-state index contributed by atoms with van der Waals surface area (Å²) >= 11 is 0. The monoisotopic (exact) mass is 458 g/mol. The molecule has 2 unspecified atom stereocenters. The van der Waals surface area contributed by atoms with Crippen LogP contribution in [-0.4, -0.2) is 78.7 Å². The van der Waals surface area contributed by atoms with Crippen LogP contribution in [-0.2, 0) is 19.6 Å². The smallest absolute Gasteiger partial charge is 0.480 e. The van der Waals surface area contributed by atoms with Crippen molar-refractivity contribution in [3.63, 3.8) is 0 Å². The minimum Gasteiger partial charge on any atom is -0.480 e. The molecule has 30 heavy (non-hydrogen) atoms. The van der Waals surface area contributed by atoms with E-state index < -0.39 is 40.0 Å². The topological polar surface area (TPSA) is 115 Å². The summed E-state index contributed by atoms with van der Waals surface area (Å²) in [4.78, 5) is 22.1. The summed E-state index contributed by atoms with van der Waals surface area (Å²) in [5, 5.41) is 16.5. The van der Waals surface area contributed by atoms with Crippen molar-refractivity contribution in [2.24, 2.45) is 0 Å². The van der Waals surface area contributed by atoms with Crippen molar-refractivity contribution in [2.75, 3.05) is 20.6 Å². The average molecular weight is 458 g/mol. The van der Waals surface area contributed by atoms with Crippen LogP contribution in [0.25, 0.3) is 0 Å². The van der Waals surface area contributed by atoms with E-state index in [0.29, 0.717) is 12.0 Å². The van der Waals surface area contributed by atoms with Gasteiger partial charge in [0.25, 0.3) is 0 Å². The number of carboxylic acids is 2. The van der Waals surface area contributed by atoms with E-state index in [0.717, 1.165) is 10.4 Å². The molecule has 1 saturated heterocycles. The number of hydrogen-bond donors (Lipinski definition) is 2. The molecule has 1 fully saturated rings. The number of alkyl halides is 3. The van der Waals surface area contributed by atoms with Crippen molar-refractivity contribution in [2.45, 2.75) is 42.9 Å². The van der Waals surface area contributed by atoms with Crippen molar-refractivity contribution in [1.29, 1.82) is 0 Å². The van der Waals surface area contributed by atoms with Gasteiger partial charge in [0, 0.05) is 12.6 Å². The van der Waals surface area contributed by atoms with Crippen LogP contribution < -0.4 is 0 Å². The second kappa shape index (κ2) is 9.71. The lowest BCUT2D eigenvalue weighted by molar-refractivity contribution is -0.192. The van der Waals surface area contributed by atoms with Crippen LogP contribution in [0.4, 0.5) is 17.6 Å². The van der Waals surface area contributed by atoms with Crippen molar-refractivity contribution in [3.05, 3.63) is 29.6 Å². The van der Waals surface area contributed by atoms with Crippen LogP contribution in [0, 0.1) is 12.7 Å². The quantitative estimate of drug-likeness (QED) is 0.663. The molecule has 1 heterocycles. The number of nitrogens with zero attached hydrogens (tertiary/aromatic N) is 2. The summed E-state index contributed by atoms with van der Waals surface area (Å²) in [5.41, 5.74) is 0.338. The van der Waals surface area contributed by atoms with Gasteiger partial charge in [-0.05, 0) is 51.6 Å². The highest BCUT2D eigenvalue weighted by molar-refractivity contribution is 7.89. The van der Waals surface area contributed by atoms with Crippen molar-refractivity contribution in [1.82, 2.24) is 9.21 Å². The molecule has 170 valence electrons. The second-order valence-corrected chi connectivity index (χ2v) is 8.72. The lowest BCUT2D eigenvalue weighted by Crippen LogP contribution is -2.53. The van der Waals surface area contributed by atoms with Crippen LogP contribution in [0.2, 0.25) is 0 Å². The zero-order valence-corrected chi connectivity index (χ0v) is 17.2. The van der Waals surface area contributed by atoms with E-state index >= 15 is 0 Å². The number of sulfonamides is 1. The first-order valence-corrected chi connectivity index (χ1v) is 10.00.